The minimum absolute atomic E-state index is 0.0473. The number of carbonyl (C=O) groups excluding carboxylic acids is 1. The number of hydrogen-bond acceptors (Lipinski definition) is 5. The van der Waals surface area contributed by atoms with E-state index in [1.54, 1.807) is 6.07 Å². The maximum atomic E-state index is 13.1. The lowest BCUT2D eigenvalue weighted by atomic mass is 10.1. The highest BCUT2D eigenvalue weighted by molar-refractivity contribution is 7.99. The standard InChI is InChI=1S/C19H22N2O3S/c22-19(17-11-18(24-20-17)14-5-2-1-3-6-14)21(15-8-10-25-13-15)12-16-7-4-9-23-16/h1-3,5-6,11,15-16H,4,7-10,12-13H2. The summed E-state index contributed by atoms with van der Waals surface area (Å²) in [7, 11) is 0. The van der Waals surface area contributed by atoms with Gasteiger partial charge < -0.3 is 14.2 Å². The second-order valence-corrected chi connectivity index (χ2v) is 7.70. The van der Waals surface area contributed by atoms with E-state index in [4.69, 9.17) is 9.26 Å². The lowest BCUT2D eigenvalue weighted by Gasteiger charge is -2.30. The van der Waals surface area contributed by atoms with Gasteiger partial charge in [0, 0.05) is 36.6 Å². The Labute approximate surface area is 151 Å². The molecule has 25 heavy (non-hydrogen) atoms. The van der Waals surface area contributed by atoms with Gasteiger partial charge in [0.15, 0.2) is 11.5 Å². The van der Waals surface area contributed by atoms with E-state index in [2.05, 4.69) is 5.16 Å². The molecule has 3 heterocycles. The van der Waals surface area contributed by atoms with Crippen molar-refractivity contribution in [2.45, 2.75) is 31.4 Å². The highest BCUT2D eigenvalue weighted by atomic mass is 32.2. The van der Waals surface area contributed by atoms with Crippen LogP contribution in [-0.4, -0.2) is 52.8 Å². The Bertz CT molecular complexity index is 706. The Kier molecular flexibility index (Phi) is 5.08. The molecule has 132 valence electrons. The fourth-order valence-corrected chi connectivity index (χ4v) is 4.66. The van der Waals surface area contributed by atoms with Crippen LogP contribution in [0.15, 0.2) is 40.9 Å². The van der Waals surface area contributed by atoms with E-state index in [1.807, 2.05) is 47.0 Å². The molecule has 1 amide bonds. The first-order chi connectivity index (χ1) is 12.3. The SMILES string of the molecule is O=C(c1cc(-c2ccccc2)on1)N(CC1CCCO1)C1CCSC1. The first kappa shape index (κ1) is 16.7. The molecule has 0 radical (unpaired) electrons. The zero-order valence-electron chi connectivity index (χ0n) is 14.1. The molecule has 2 aliphatic rings. The van der Waals surface area contributed by atoms with Gasteiger partial charge in [0.2, 0.25) is 0 Å². The maximum absolute atomic E-state index is 13.1. The van der Waals surface area contributed by atoms with Crippen molar-refractivity contribution in [3.05, 3.63) is 42.1 Å². The molecule has 0 saturated carbocycles. The van der Waals surface area contributed by atoms with E-state index in [-0.39, 0.29) is 18.1 Å². The Hall–Kier alpha value is -1.79. The highest BCUT2D eigenvalue weighted by Gasteiger charge is 2.32. The number of amides is 1. The van der Waals surface area contributed by atoms with Crippen molar-refractivity contribution in [2.75, 3.05) is 24.7 Å². The van der Waals surface area contributed by atoms with Crippen LogP contribution in [0.4, 0.5) is 0 Å². The highest BCUT2D eigenvalue weighted by Crippen LogP contribution is 2.27. The molecule has 2 aromatic rings. The third kappa shape index (κ3) is 3.75. The Morgan fingerprint density at radius 2 is 2.16 bits per heavy atom. The summed E-state index contributed by atoms with van der Waals surface area (Å²) in [4.78, 5) is 15.1. The number of carbonyl (C=O) groups is 1. The fourth-order valence-electron chi connectivity index (χ4n) is 3.44. The topological polar surface area (TPSA) is 55.6 Å². The van der Waals surface area contributed by atoms with E-state index in [9.17, 15) is 4.79 Å². The Morgan fingerprint density at radius 1 is 1.28 bits per heavy atom. The van der Waals surface area contributed by atoms with Gasteiger partial charge in [-0.3, -0.25) is 4.79 Å². The van der Waals surface area contributed by atoms with Crippen LogP contribution >= 0.6 is 11.8 Å². The molecule has 1 aromatic carbocycles. The normalized spacial score (nSPS) is 23.0. The molecule has 4 rings (SSSR count). The molecule has 0 bridgehead atoms. The number of ether oxygens (including phenoxy) is 1. The molecule has 5 nitrogen and oxygen atoms in total. The molecule has 0 aliphatic carbocycles. The monoisotopic (exact) mass is 358 g/mol. The lowest BCUT2D eigenvalue weighted by Crippen LogP contribution is -2.44. The van der Waals surface area contributed by atoms with Crippen LogP contribution in [0, 0.1) is 0 Å². The first-order valence-electron chi connectivity index (χ1n) is 8.84. The number of rotatable bonds is 5. The van der Waals surface area contributed by atoms with Crippen molar-refractivity contribution in [3.8, 4) is 11.3 Å². The van der Waals surface area contributed by atoms with E-state index >= 15 is 0 Å². The zero-order valence-corrected chi connectivity index (χ0v) is 14.9. The van der Waals surface area contributed by atoms with Gasteiger partial charge in [-0.1, -0.05) is 35.5 Å². The van der Waals surface area contributed by atoms with Crippen LogP contribution < -0.4 is 0 Å². The third-order valence-electron chi connectivity index (χ3n) is 4.82. The van der Waals surface area contributed by atoms with Crippen molar-refractivity contribution in [1.29, 1.82) is 0 Å². The summed E-state index contributed by atoms with van der Waals surface area (Å²) in [5, 5.41) is 4.05. The van der Waals surface area contributed by atoms with Crippen LogP contribution in [0.5, 0.6) is 0 Å². The van der Waals surface area contributed by atoms with Gasteiger partial charge in [0.05, 0.1) is 6.10 Å². The Balaban J connectivity index is 1.54. The van der Waals surface area contributed by atoms with Gasteiger partial charge in [-0.25, -0.2) is 0 Å². The van der Waals surface area contributed by atoms with Crippen LogP contribution in [-0.2, 0) is 4.74 Å². The van der Waals surface area contributed by atoms with Crippen molar-refractivity contribution in [1.82, 2.24) is 10.1 Å². The van der Waals surface area contributed by atoms with Gasteiger partial charge >= 0.3 is 0 Å². The fraction of sp³-hybridized carbons (Fsp3) is 0.474. The molecule has 0 spiro atoms. The van der Waals surface area contributed by atoms with Crippen molar-refractivity contribution < 1.29 is 14.1 Å². The molecule has 2 unspecified atom stereocenters. The van der Waals surface area contributed by atoms with E-state index < -0.39 is 0 Å². The summed E-state index contributed by atoms with van der Waals surface area (Å²) >= 11 is 1.90. The molecule has 2 aliphatic heterocycles. The largest absolute Gasteiger partial charge is 0.376 e. The molecule has 1 aromatic heterocycles. The number of benzene rings is 1. The third-order valence-corrected chi connectivity index (χ3v) is 5.96. The quantitative estimate of drug-likeness (QED) is 0.819. The molecular formula is C19H22N2O3S. The number of aromatic nitrogens is 1. The molecule has 2 fully saturated rings. The molecule has 6 heteroatoms. The zero-order chi connectivity index (χ0) is 17.1. The first-order valence-corrected chi connectivity index (χ1v) is 9.99. The predicted octanol–water partition coefficient (Wildman–Crippen LogP) is 3.47. The minimum atomic E-state index is -0.0473. The minimum Gasteiger partial charge on any atom is -0.376 e. The number of nitrogens with zero attached hydrogens (tertiary/aromatic N) is 2. The van der Waals surface area contributed by atoms with E-state index in [0.29, 0.717) is 18.0 Å². The van der Waals surface area contributed by atoms with Crippen LogP contribution in [0.3, 0.4) is 0 Å². The second kappa shape index (κ2) is 7.62. The Morgan fingerprint density at radius 3 is 2.88 bits per heavy atom. The summed E-state index contributed by atoms with van der Waals surface area (Å²) in [5.41, 5.74) is 1.31. The molecular weight excluding hydrogens is 336 g/mol. The van der Waals surface area contributed by atoms with Crippen LogP contribution in [0.2, 0.25) is 0 Å². The lowest BCUT2D eigenvalue weighted by molar-refractivity contribution is 0.0434. The second-order valence-electron chi connectivity index (χ2n) is 6.55. The van der Waals surface area contributed by atoms with E-state index in [1.165, 1.54) is 0 Å². The van der Waals surface area contributed by atoms with Gasteiger partial charge in [-0.2, -0.15) is 11.8 Å². The van der Waals surface area contributed by atoms with Crippen molar-refractivity contribution in [2.24, 2.45) is 0 Å². The summed E-state index contributed by atoms with van der Waals surface area (Å²) in [6.07, 6.45) is 3.29. The summed E-state index contributed by atoms with van der Waals surface area (Å²) < 4.78 is 11.2. The van der Waals surface area contributed by atoms with E-state index in [0.717, 1.165) is 42.9 Å². The van der Waals surface area contributed by atoms with Crippen molar-refractivity contribution >= 4 is 17.7 Å². The average molecular weight is 358 g/mol. The smallest absolute Gasteiger partial charge is 0.276 e. The van der Waals surface area contributed by atoms with Crippen LogP contribution in [0.25, 0.3) is 11.3 Å². The summed E-state index contributed by atoms with van der Waals surface area (Å²) in [5.74, 6) is 2.67. The number of hydrogen-bond donors (Lipinski definition) is 0. The van der Waals surface area contributed by atoms with Gasteiger partial charge in [0.25, 0.3) is 5.91 Å². The van der Waals surface area contributed by atoms with Crippen molar-refractivity contribution in [3.63, 3.8) is 0 Å². The molecule has 0 N–H and O–H groups in total. The van der Waals surface area contributed by atoms with Gasteiger partial charge in [-0.15, -0.1) is 0 Å². The van der Waals surface area contributed by atoms with Gasteiger partial charge in [-0.05, 0) is 25.0 Å². The summed E-state index contributed by atoms with van der Waals surface area (Å²) in [6, 6.07) is 11.8. The van der Waals surface area contributed by atoms with Crippen LogP contribution in [0.1, 0.15) is 29.8 Å². The molecule has 2 atom stereocenters. The number of thioether (sulfide) groups is 1. The predicted molar refractivity (Wildman–Crippen MR) is 97.7 cm³/mol. The average Bonchev–Trinajstić information content (AvgIpc) is 3.42. The van der Waals surface area contributed by atoms with Gasteiger partial charge in [0.1, 0.15) is 0 Å². The molecule has 2 saturated heterocycles. The summed E-state index contributed by atoms with van der Waals surface area (Å²) in [6.45, 7) is 1.45. The maximum Gasteiger partial charge on any atom is 0.276 e.